The molecule has 3 aromatic rings. The number of thiazole rings is 1. The van der Waals surface area contributed by atoms with Crippen molar-refractivity contribution in [3.05, 3.63) is 47.5 Å². The van der Waals surface area contributed by atoms with Crippen LogP contribution in [0.2, 0.25) is 0 Å². The number of nitrogens with zero attached hydrogens (tertiary/aromatic N) is 3. The van der Waals surface area contributed by atoms with Crippen LogP contribution in [0, 0.1) is 6.92 Å². The first-order valence-corrected chi connectivity index (χ1v) is 10.3. The second-order valence-corrected chi connectivity index (χ2v) is 8.14. The Morgan fingerprint density at radius 3 is 2.34 bits per heavy atom. The smallest absolute Gasteiger partial charge is 0.260 e. The summed E-state index contributed by atoms with van der Waals surface area (Å²) < 4.78 is 11.8. The number of aromatic nitrogens is 1. The zero-order valence-corrected chi connectivity index (χ0v) is 18.4. The number of hydrogen-bond donors (Lipinski definition) is 0. The lowest BCUT2D eigenvalue weighted by atomic mass is 10.1. The summed E-state index contributed by atoms with van der Waals surface area (Å²) >= 11 is 1.54. The summed E-state index contributed by atoms with van der Waals surface area (Å²) in [4.78, 5) is 22.2. The number of benzene rings is 2. The SMILES string of the molecule is COc1cc(OC)cc(C(=O)N(CCCN(C)C)c2nc3c(C)cccc3s2)c1. The molecule has 1 amide bonds. The summed E-state index contributed by atoms with van der Waals surface area (Å²) in [7, 11) is 7.21. The van der Waals surface area contributed by atoms with E-state index in [1.54, 1.807) is 37.3 Å². The van der Waals surface area contributed by atoms with Gasteiger partial charge in [0, 0.05) is 18.2 Å². The number of rotatable bonds is 8. The van der Waals surface area contributed by atoms with E-state index in [9.17, 15) is 4.79 Å². The Morgan fingerprint density at radius 1 is 1.07 bits per heavy atom. The third-order valence-corrected chi connectivity index (χ3v) is 5.71. The van der Waals surface area contributed by atoms with Crippen molar-refractivity contribution in [3.63, 3.8) is 0 Å². The third kappa shape index (κ3) is 4.86. The van der Waals surface area contributed by atoms with Gasteiger partial charge in [-0.3, -0.25) is 9.69 Å². The second kappa shape index (κ2) is 9.24. The molecule has 0 aliphatic carbocycles. The highest BCUT2D eigenvalue weighted by Crippen LogP contribution is 2.32. The molecule has 7 heteroatoms. The predicted molar refractivity (Wildman–Crippen MR) is 119 cm³/mol. The minimum atomic E-state index is -0.113. The number of carbonyl (C=O) groups excluding carboxylic acids is 1. The molecule has 0 spiro atoms. The maximum atomic E-state index is 13.5. The highest BCUT2D eigenvalue weighted by Gasteiger charge is 2.23. The van der Waals surface area contributed by atoms with Crippen LogP contribution in [0.5, 0.6) is 11.5 Å². The van der Waals surface area contributed by atoms with Crippen LogP contribution in [-0.2, 0) is 0 Å². The minimum absolute atomic E-state index is 0.113. The number of fused-ring (bicyclic) bond motifs is 1. The van der Waals surface area contributed by atoms with Crippen LogP contribution in [0.3, 0.4) is 0 Å². The summed E-state index contributed by atoms with van der Waals surface area (Å²) in [5.74, 6) is 1.06. The normalized spacial score (nSPS) is 11.1. The van der Waals surface area contributed by atoms with E-state index in [-0.39, 0.29) is 5.91 Å². The zero-order valence-electron chi connectivity index (χ0n) is 17.6. The Hall–Kier alpha value is -2.64. The summed E-state index contributed by atoms with van der Waals surface area (Å²) in [5.41, 5.74) is 2.57. The molecule has 0 aliphatic heterocycles. The fraction of sp³-hybridized carbons (Fsp3) is 0.364. The second-order valence-electron chi connectivity index (χ2n) is 7.13. The van der Waals surface area contributed by atoms with Crippen molar-refractivity contribution >= 4 is 32.6 Å². The van der Waals surface area contributed by atoms with Crippen LogP contribution in [-0.4, -0.2) is 57.2 Å². The largest absolute Gasteiger partial charge is 0.497 e. The van der Waals surface area contributed by atoms with Gasteiger partial charge in [0.05, 0.1) is 24.4 Å². The molecule has 0 fully saturated rings. The topological polar surface area (TPSA) is 54.9 Å². The number of aryl methyl sites for hydroxylation is 1. The average molecular weight is 414 g/mol. The minimum Gasteiger partial charge on any atom is -0.497 e. The van der Waals surface area contributed by atoms with Crippen LogP contribution >= 0.6 is 11.3 Å². The molecular weight excluding hydrogens is 386 g/mol. The van der Waals surface area contributed by atoms with Gasteiger partial charge in [-0.1, -0.05) is 23.5 Å². The highest BCUT2D eigenvalue weighted by atomic mass is 32.1. The van der Waals surface area contributed by atoms with Gasteiger partial charge < -0.3 is 14.4 Å². The van der Waals surface area contributed by atoms with Gasteiger partial charge >= 0.3 is 0 Å². The van der Waals surface area contributed by atoms with Gasteiger partial charge in [0.15, 0.2) is 5.13 Å². The number of ether oxygens (including phenoxy) is 2. The molecule has 0 atom stereocenters. The van der Waals surface area contributed by atoms with Crippen molar-refractivity contribution < 1.29 is 14.3 Å². The molecule has 0 unspecified atom stereocenters. The van der Waals surface area contributed by atoms with Crippen LogP contribution in [0.25, 0.3) is 10.2 Å². The molecule has 2 aromatic carbocycles. The van der Waals surface area contributed by atoms with Gasteiger partial charge in [-0.25, -0.2) is 4.98 Å². The molecule has 0 radical (unpaired) electrons. The Kier molecular flexibility index (Phi) is 6.71. The molecule has 1 aromatic heterocycles. The number of anilines is 1. The Morgan fingerprint density at radius 2 is 1.76 bits per heavy atom. The average Bonchev–Trinajstić information content (AvgIpc) is 3.15. The lowest BCUT2D eigenvalue weighted by molar-refractivity contribution is 0.0985. The van der Waals surface area contributed by atoms with Crippen LogP contribution in [0.1, 0.15) is 22.3 Å². The molecule has 0 aliphatic rings. The van der Waals surface area contributed by atoms with Gasteiger partial charge in [0.25, 0.3) is 5.91 Å². The maximum Gasteiger partial charge on any atom is 0.260 e. The zero-order chi connectivity index (χ0) is 21.0. The van der Waals surface area contributed by atoms with Crippen molar-refractivity contribution in [2.45, 2.75) is 13.3 Å². The Bertz CT molecular complexity index is 978. The molecule has 0 bridgehead atoms. The predicted octanol–water partition coefficient (Wildman–Crippen LogP) is 4.22. The summed E-state index contributed by atoms with van der Waals surface area (Å²) in [6.45, 7) is 3.50. The van der Waals surface area contributed by atoms with E-state index in [2.05, 4.69) is 4.90 Å². The summed E-state index contributed by atoms with van der Waals surface area (Å²) in [6, 6.07) is 11.3. The molecule has 6 nitrogen and oxygen atoms in total. The van der Waals surface area contributed by atoms with Crippen molar-refractivity contribution in [2.75, 3.05) is 46.3 Å². The molecule has 0 N–H and O–H groups in total. The van der Waals surface area contributed by atoms with Crippen molar-refractivity contribution in [2.24, 2.45) is 0 Å². The Labute approximate surface area is 175 Å². The van der Waals surface area contributed by atoms with E-state index in [0.29, 0.717) is 28.7 Å². The van der Waals surface area contributed by atoms with Crippen molar-refractivity contribution in [1.82, 2.24) is 9.88 Å². The number of methoxy groups -OCH3 is 2. The van der Waals surface area contributed by atoms with Crippen molar-refractivity contribution in [1.29, 1.82) is 0 Å². The summed E-state index contributed by atoms with van der Waals surface area (Å²) in [6.07, 6.45) is 0.842. The summed E-state index contributed by atoms with van der Waals surface area (Å²) in [5, 5.41) is 0.708. The molecule has 154 valence electrons. The van der Waals surface area contributed by atoms with Gasteiger partial charge in [-0.15, -0.1) is 0 Å². The van der Waals surface area contributed by atoms with E-state index >= 15 is 0 Å². The van der Waals surface area contributed by atoms with E-state index < -0.39 is 0 Å². The fourth-order valence-electron chi connectivity index (χ4n) is 3.11. The molecule has 0 saturated heterocycles. The third-order valence-electron chi connectivity index (χ3n) is 4.67. The van der Waals surface area contributed by atoms with Crippen molar-refractivity contribution in [3.8, 4) is 11.5 Å². The molecular formula is C22H27N3O3S. The number of hydrogen-bond acceptors (Lipinski definition) is 6. The molecule has 0 saturated carbocycles. The first kappa shape index (κ1) is 21.1. The molecule has 29 heavy (non-hydrogen) atoms. The highest BCUT2D eigenvalue weighted by molar-refractivity contribution is 7.22. The van der Waals surface area contributed by atoms with Crippen LogP contribution in [0.15, 0.2) is 36.4 Å². The lowest BCUT2D eigenvalue weighted by Crippen LogP contribution is -2.33. The van der Waals surface area contributed by atoms with E-state index in [4.69, 9.17) is 14.5 Å². The quantitative estimate of drug-likeness (QED) is 0.553. The van der Waals surface area contributed by atoms with E-state index in [0.717, 1.165) is 28.7 Å². The first-order valence-electron chi connectivity index (χ1n) is 9.48. The Balaban J connectivity index is 2.00. The van der Waals surface area contributed by atoms with E-state index in [1.165, 1.54) is 11.3 Å². The number of carbonyl (C=O) groups is 1. The monoisotopic (exact) mass is 413 g/mol. The van der Waals surface area contributed by atoms with Gasteiger partial charge in [-0.2, -0.15) is 0 Å². The van der Waals surface area contributed by atoms with Crippen LogP contribution in [0.4, 0.5) is 5.13 Å². The fourth-order valence-corrected chi connectivity index (χ4v) is 4.17. The number of para-hydroxylation sites is 1. The standard InChI is InChI=1S/C22H27N3O3S/c1-15-8-6-9-19-20(15)23-22(29-19)25(11-7-10-24(2)3)21(26)16-12-17(27-4)14-18(13-16)28-5/h6,8-9,12-14H,7,10-11H2,1-5H3. The molecule has 3 rings (SSSR count). The number of amides is 1. The van der Waals surface area contributed by atoms with Gasteiger partial charge in [-0.05, 0) is 57.7 Å². The van der Waals surface area contributed by atoms with Crippen LogP contribution < -0.4 is 14.4 Å². The van der Waals surface area contributed by atoms with Gasteiger partial charge in [0.1, 0.15) is 11.5 Å². The van der Waals surface area contributed by atoms with E-state index in [1.807, 2.05) is 39.2 Å². The lowest BCUT2D eigenvalue weighted by Gasteiger charge is -2.21. The maximum absolute atomic E-state index is 13.5. The first-order chi connectivity index (χ1) is 13.9. The van der Waals surface area contributed by atoms with Gasteiger partial charge in [0.2, 0.25) is 0 Å². The molecule has 1 heterocycles.